The molecular weight excluding hydrogens is 434 g/mol. The van der Waals surface area contributed by atoms with Crippen molar-refractivity contribution in [3.63, 3.8) is 0 Å². The fourth-order valence-electron chi connectivity index (χ4n) is 2.69. The van der Waals surface area contributed by atoms with Crippen molar-refractivity contribution in [2.24, 2.45) is 0 Å². The first-order valence-corrected chi connectivity index (χ1v) is 11.5. The molecular formula is C23H29NO7S. The molecule has 0 aliphatic carbocycles. The Morgan fingerprint density at radius 3 is 2.12 bits per heavy atom. The van der Waals surface area contributed by atoms with E-state index in [0.29, 0.717) is 6.42 Å². The predicted molar refractivity (Wildman–Crippen MR) is 119 cm³/mol. The molecule has 0 spiro atoms. The lowest BCUT2D eigenvalue weighted by Crippen LogP contribution is -2.43. The van der Waals surface area contributed by atoms with Gasteiger partial charge in [-0.3, -0.25) is 4.79 Å². The Hall–Kier alpha value is -3.07. The molecule has 1 amide bonds. The van der Waals surface area contributed by atoms with Crippen LogP contribution >= 0.6 is 0 Å². The molecule has 174 valence electrons. The van der Waals surface area contributed by atoms with E-state index in [0.717, 1.165) is 11.1 Å². The highest BCUT2D eigenvalue weighted by Crippen LogP contribution is 2.20. The van der Waals surface area contributed by atoms with Gasteiger partial charge in [-0.25, -0.2) is 4.79 Å². The lowest BCUT2D eigenvalue weighted by Gasteiger charge is -2.23. The summed E-state index contributed by atoms with van der Waals surface area (Å²) >= 11 is 0. The fraction of sp³-hybridized carbons (Fsp3) is 0.391. The number of carbonyl (C=O) groups excluding carboxylic acids is 2. The van der Waals surface area contributed by atoms with Crippen molar-refractivity contribution in [3.8, 4) is 5.75 Å². The molecule has 0 radical (unpaired) electrons. The molecule has 0 saturated heterocycles. The Bertz CT molecular complexity index is 1020. The molecule has 0 bridgehead atoms. The van der Waals surface area contributed by atoms with Gasteiger partial charge in [0.15, 0.2) is 0 Å². The van der Waals surface area contributed by atoms with Gasteiger partial charge in [-0.1, -0.05) is 29.8 Å². The number of hydrogen-bond donors (Lipinski definition) is 1. The van der Waals surface area contributed by atoms with Crippen LogP contribution in [0.1, 0.15) is 38.8 Å². The monoisotopic (exact) mass is 463 g/mol. The zero-order chi connectivity index (χ0) is 23.9. The van der Waals surface area contributed by atoms with Gasteiger partial charge >= 0.3 is 22.2 Å². The van der Waals surface area contributed by atoms with Crippen LogP contribution in [-0.2, 0) is 30.8 Å². The van der Waals surface area contributed by atoms with E-state index < -0.39 is 33.8 Å². The number of rotatable bonds is 8. The van der Waals surface area contributed by atoms with Crippen LogP contribution in [0.5, 0.6) is 5.75 Å². The molecule has 8 nitrogen and oxygen atoms in total. The van der Waals surface area contributed by atoms with Crippen molar-refractivity contribution in [2.75, 3.05) is 6.61 Å². The van der Waals surface area contributed by atoms with Gasteiger partial charge in [-0.05, 0) is 63.9 Å². The largest absolute Gasteiger partial charge is 0.464 e. The van der Waals surface area contributed by atoms with Crippen LogP contribution in [0, 0.1) is 6.92 Å². The topological polar surface area (TPSA) is 108 Å². The Balaban J connectivity index is 2.06. The van der Waals surface area contributed by atoms with Crippen molar-refractivity contribution >= 4 is 22.2 Å². The van der Waals surface area contributed by atoms with Crippen LogP contribution in [0.3, 0.4) is 0 Å². The minimum Gasteiger partial charge on any atom is -0.464 e. The van der Waals surface area contributed by atoms with Crippen molar-refractivity contribution in [3.05, 3.63) is 59.7 Å². The number of esters is 1. The minimum atomic E-state index is -3.95. The summed E-state index contributed by atoms with van der Waals surface area (Å²) in [4.78, 5) is 23.4. The van der Waals surface area contributed by atoms with Crippen molar-refractivity contribution in [2.45, 2.75) is 57.6 Å². The molecule has 2 rings (SSSR count). The Kier molecular flexibility index (Phi) is 8.26. The first kappa shape index (κ1) is 25.2. The zero-order valence-corrected chi connectivity index (χ0v) is 19.7. The number of nitrogens with one attached hydrogen (secondary N) is 1. The van der Waals surface area contributed by atoms with E-state index in [-0.39, 0.29) is 17.3 Å². The van der Waals surface area contributed by atoms with Gasteiger partial charge in [0.1, 0.15) is 22.9 Å². The summed E-state index contributed by atoms with van der Waals surface area (Å²) in [6.07, 6.45) is -0.295. The van der Waals surface area contributed by atoms with E-state index in [1.54, 1.807) is 45.0 Å². The number of carbonyl (C=O) groups is 2. The standard InChI is InChI=1S/C23H29NO7S/c1-16-6-12-21(13-7-16)32(27,28)31-20-10-8-18(9-11-20)14-19(15-29-17(2)25)24-22(26)30-23(3,4)5/h6-13,19H,14-15H2,1-5H3,(H,24,26). The van der Waals surface area contributed by atoms with Crippen LogP contribution in [0.25, 0.3) is 0 Å². The van der Waals surface area contributed by atoms with E-state index in [2.05, 4.69) is 5.32 Å². The number of hydrogen-bond acceptors (Lipinski definition) is 7. The molecule has 1 N–H and O–H groups in total. The Labute approximate surface area is 189 Å². The van der Waals surface area contributed by atoms with Crippen LogP contribution in [0.4, 0.5) is 4.79 Å². The van der Waals surface area contributed by atoms with Gasteiger partial charge in [0.25, 0.3) is 0 Å². The van der Waals surface area contributed by atoms with Crippen molar-refractivity contribution in [1.29, 1.82) is 0 Å². The summed E-state index contributed by atoms with van der Waals surface area (Å²) in [5.74, 6) is -0.308. The highest BCUT2D eigenvalue weighted by Gasteiger charge is 2.21. The number of amides is 1. The molecule has 0 saturated carbocycles. The zero-order valence-electron chi connectivity index (χ0n) is 18.9. The van der Waals surface area contributed by atoms with E-state index in [9.17, 15) is 18.0 Å². The first-order chi connectivity index (χ1) is 14.8. The van der Waals surface area contributed by atoms with E-state index >= 15 is 0 Å². The van der Waals surface area contributed by atoms with Crippen LogP contribution in [0.2, 0.25) is 0 Å². The van der Waals surface area contributed by atoms with E-state index in [1.807, 2.05) is 6.92 Å². The number of ether oxygens (including phenoxy) is 2. The summed E-state index contributed by atoms with van der Waals surface area (Å²) < 4.78 is 40.4. The molecule has 2 aromatic carbocycles. The average molecular weight is 464 g/mol. The fourth-order valence-corrected chi connectivity index (χ4v) is 3.62. The first-order valence-electron chi connectivity index (χ1n) is 10.1. The Morgan fingerprint density at radius 1 is 1.00 bits per heavy atom. The van der Waals surface area contributed by atoms with E-state index in [4.69, 9.17) is 13.7 Å². The number of aryl methyl sites for hydroxylation is 1. The lowest BCUT2D eigenvalue weighted by molar-refractivity contribution is -0.141. The summed E-state index contributed by atoms with van der Waals surface area (Å²) in [6.45, 7) is 8.35. The maximum atomic E-state index is 12.4. The number of benzene rings is 2. The maximum absolute atomic E-state index is 12.4. The molecule has 1 unspecified atom stereocenters. The summed E-state index contributed by atoms with van der Waals surface area (Å²) in [5, 5.41) is 2.69. The molecule has 0 aliphatic heterocycles. The summed E-state index contributed by atoms with van der Waals surface area (Å²) in [6, 6.07) is 12.2. The molecule has 0 fully saturated rings. The summed E-state index contributed by atoms with van der Waals surface area (Å²) in [5.41, 5.74) is 1.05. The second kappa shape index (κ2) is 10.5. The molecule has 1 atom stereocenters. The molecule has 0 aliphatic rings. The van der Waals surface area contributed by atoms with Gasteiger partial charge in [-0.2, -0.15) is 8.42 Å². The smallest absolute Gasteiger partial charge is 0.408 e. The second-order valence-corrected chi connectivity index (χ2v) is 9.89. The second-order valence-electron chi connectivity index (χ2n) is 8.34. The summed E-state index contributed by atoms with van der Waals surface area (Å²) in [7, 11) is -3.95. The highest BCUT2D eigenvalue weighted by molar-refractivity contribution is 7.87. The van der Waals surface area contributed by atoms with Gasteiger partial charge in [0, 0.05) is 6.92 Å². The molecule has 2 aromatic rings. The predicted octanol–water partition coefficient (Wildman–Crippen LogP) is 3.76. The van der Waals surface area contributed by atoms with Gasteiger partial charge < -0.3 is 19.0 Å². The Morgan fingerprint density at radius 2 is 1.59 bits per heavy atom. The third-order valence-corrected chi connectivity index (χ3v) is 5.39. The SMILES string of the molecule is CC(=O)OCC(Cc1ccc(OS(=O)(=O)c2ccc(C)cc2)cc1)NC(=O)OC(C)(C)C. The van der Waals surface area contributed by atoms with Crippen molar-refractivity contribution < 1.29 is 31.7 Å². The molecule has 9 heteroatoms. The molecule has 0 heterocycles. The van der Waals surface area contributed by atoms with Crippen LogP contribution in [0.15, 0.2) is 53.4 Å². The van der Waals surface area contributed by atoms with Crippen LogP contribution < -0.4 is 9.50 Å². The molecule has 32 heavy (non-hydrogen) atoms. The van der Waals surface area contributed by atoms with Gasteiger partial charge in [-0.15, -0.1) is 0 Å². The third kappa shape index (κ3) is 8.58. The van der Waals surface area contributed by atoms with Gasteiger partial charge in [0.05, 0.1) is 6.04 Å². The minimum absolute atomic E-state index is 0.0331. The van der Waals surface area contributed by atoms with Crippen LogP contribution in [-0.4, -0.2) is 38.7 Å². The normalized spacial score (nSPS) is 12.5. The average Bonchev–Trinajstić information content (AvgIpc) is 2.66. The molecule has 0 aromatic heterocycles. The lowest BCUT2D eigenvalue weighted by atomic mass is 10.1. The maximum Gasteiger partial charge on any atom is 0.408 e. The highest BCUT2D eigenvalue weighted by atomic mass is 32.2. The quantitative estimate of drug-likeness (QED) is 0.469. The van der Waals surface area contributed by atoms with E-state index in [1.165, 1.54) is 31.2 Å². The van der Waals surface area contributed by atoms with Gasteiger partial charge in [0.2, 0.25) is 0 Å². The van der Waals surface area contributed by atoms with Crippen molar-refractivity contribution in [1.82, 2.24) is 5.32 Å². The third-order valence-electron chi connectivity index (χ3n) is 4.13. The number of alkyl carbamates (subject to hydrolysis) is 1.